The quantitative estimate of drug-likeness (QED) is 0.391. The number of nitrogens with one attached hydrogen (secondary N) is 1. The predicted octanol–water partition coefficient (Wildman–Crippen LogP) is 3.99. The molecule has 3 aromatic rings. The maximum Gasteiger partial charge on any atom is 0.319 e. The number of ether oxygens (including phenoxy) is 1. The number of esters is 1. The zero-order valence-corrected chi connectivity index (χ0v) is 15.9. The van der Waals surface area contributed by atoms with E-state index in [0.29, 0.717) is 21.6 Å². The number of fused-ring (bicyclic) bond motifs is 1. The molecule has 1 aromatic heterocycles. The first-order valence-corrected chi connectivity index (χ1v) is 9.73. The van der Waals surface area contributed by atoms with Crippen molar-refractivity contribution in [1.82, 2.24) is 10.2 Å². The van der Waals surface area contributed by atoms with Gasteiger partial charge in [0.05, 0.1) is 6.61 Å². The lowest BCUT2D eigenvalue weighted by Crippen LogP contribution is -2.16. The van der Waals surface area contributed by atoms with Crippen LogP contribution in [0.3, 0.4) is 0 Å². The maximum atomic E-state index is 12.4. The Hall–Kier alpha value is -2.45. The van der Waals surface area contributed by atoms with E-state index in [9.17, 15) is 9.59 Å². The lowest BCUT2D eigenvalue weighted by atomic mass is 10.1. The van der Waals surface area contributed by atoms with Gasteiger partial charge < -0.3 is 4.74 Å². The van der Waals surface area contributed by atoms with Crippen molar-refractivity contribution in [3.63, 3.8) is 0 Å². The molecule has 2 aromatic carbocycles. The van der Waals surface area contributed by atoms with Crippen LogP contribution in [-0.2, 0) is 9.53 Å². The minimum absolute atomic E-state index is 0.248. The molecule has 8 heteroatoms. The van der Waals surface area contributed by atoms with Gasteiger partial charge in [0.2, 0.25) is 5.13 Å². The Labute approximate surface area is 159 Å². The standard InChI is InChI=1S/C18H17N3O3S2/c1-3-24-16(23)11(2)25-18-21-20-17(26-18)19-15(22)14-9-8-12-6-4-5-7-13(12)10-14/h4-11H,3H2,1-2H3,(H,19,20,22)/t11-/m1/s1. The zero-order valence-electron chi connectivity index (χ0n) is 14.3. The Balaban J connectivity index is 1.66. The lowest BCUT2D eigenvalue weighted by Gasteiger charge is -2.07. The molecule has 1 heterocycles. The van der Waals surface area contributed by atoms with Gasteiger partial charge in [-0.2, -0.15) is 0 Å². The molecule has 1 amide bonds. The Morgan fingerprint density at radius 3 is 2.73 bits per heavy atom. The van der Waals surface area contributed by atoms with Gasteiger partial charge in [0.1, 0.15) is 5.25 Å². The third-order valence-corrected chi connectivity index (χ3v) is 5.54. The van der Waals surface area contributed by atoms with Crippen LogP contribution < -0.4 is 5.32 Å². The van der Waals surface area contributed by atoms with Crippen LogP contribution in [0.25, 0.3) is 10.8 Å². The number of hydrogen-bond acceptors (Lipinski definition) is 7. The minimum Gasteiger partial charge on any atom is -0.465 e. The topological polar surface area (TPSA) is 81.2 Å². The van der Waals surface area contributed by atoms with E-state index in [1.807, 2.05) is 36.4 Å². The third-order valence-electron chi connectivity index (χ3n) is 3.53. The van der Waals surface area contributed by atoms with Gasteiger partial charge in [0.25, 0.3) is 5.91 Å². The number of benzene rings is 2. The van der Waals surface area contributed by atoms with Gasteiger partial charge in [-0.3, -0.25) is 14.9 Å². The lowest BCUT2D eigenvalue weighted by molar-refractivity contribution is -0.142. The SMILES string of the molecule is CCOC(=O)[C@@H](C)Sc1nnc(NC(=O)c2ccc3ccccc3c2)s1. The molecule has 0 bridgehead atoms. The van der Waals surface area contributed by atoms with Gasteiger partial charge in [-0.1, -0.05) is 53.4 Å². The highest BCUT2D eigenvalue weighted by atomic mass is 32.2. The van der Waals surface area contributed by atoms with Crippen LogP contribution in [0, 0.1) is 0 Å². The Bertz CT molecular complexity index is 942. The molecule has 0 aliphatic carbocycles. The summed E-state index contributed by atoms with van der Waals surface area (Å²) in [7, 11) is 0. The molecule has 1 atom stereocenters. The van der Waals surface area contributed by atoms with E-state index in [-0.39, 0.29) is 17.1 Å². The molecule has 0 saturated carbocycles. The number of thioether (sulfide) groups is 1. The average Bonchev–Trinajstić information content (AvgIpc) is 3.08. The predicted molar refractivity (Wildman–Crippen MR) is 104 cm³/mol. The molecular weight excluding hydrogens is 370 g/mol. The fourth-order valence-electron chi connectivity index (χ4n) is 2.27. The van der Waals surface area contributed by atoms with Crippen LogP contribution in [0.2, 0.25) is 0 Å². The van der Waals surface area contributed by atoms with Crippen molar-refractivity contribution in [3.05, 3.63) is 48.0 Å². The summed E-state index contributed by atoms with van der Waals surface area (Å²) < 4.78 is 5.56. The first kappa shape index (κ1) is 18.3. The van der Waals surface area contributed by atoms with Crippen molar-refractivity contribution in [1.29, 1.82) is 0 Å². The van der Waals surface area contributed by atoms with Crippen LogP contribution >= 0.6 is 23.1 Å². The summed E-state index contributed by atoms with van der Waals surface area (Å²) in [6.07, 6.45) is 0. The van der Waals surface area contributed by atoms with E-state index < -0.39 is 0 Å². The molecule has 3 rings (SSSR count). The van der Waals surface area contributed by atoms with Crippen molar-refractivity contribution >= 4 is 50.9 Å². The number of hydrogen-bond donors (Lipinski definition) is 1. The Kier molecular flexibility index (Phi) is 5.85. The monoisotopic (exact) mass is 387 g/mol. The number of nitrogens with zero attached hydrogens (tertiary/aromatic N) is 2. The minimum atomic E-state index is -0.382. The Morgan fingerprint density at radius 2 is 1.96 bits per heavy atom. The largest absolute Gasteiger partial charge is 0.465 e. The summed E-state index contributed by atoms with van der Waals surface area (Å²) >= 11 is 2.48. The van der Waals surface area contributed by atoms with Gasteiger partial charge in [-0.15, -0.1) is 10.2 Å². The third kappa shape index (κ3) is 4.39. The average molecular weight is 387 g/mol. The smallest absolute Gasteiger partial charge is 0.319 e. The van der Waals surface area contributed by atoms with E-state index in [1.54, 1.807) is 19.9 Å². The maximum absolute atomic E-state index is 12.4. The van der Waals surface area contributed by atoms with Crippen molar-refractivity contribution in [3.8, 4) is 0 Å². The van der Waals surface area contributed by atoms with Gasteiger partial charge >= 0.3 is 5.97 Å². The number of carbonyl (C=O) groups excluding carboxylic acids is 2. The van der Waals surface area contributed by atoms with Crippen LogP contribution in [0.1, 0.15) is 24.2 Å². The fraction of sp³-hybridized carbons (Fsp3) is 0.222. The van der Waals surface area contributed by atoms with Crippen molar-refractivity contribution in [2.75, 3.05) is 11.9 Å². The van der Waals surface area contributed by atoms with E-state index in [4.69, 9.17) is 4.74 Å². The van der Waals surface area contributed by atoms with Gasteiger partial charge in [-0.25, -0.2) is 0 Å². The molecule has 0 aliphatic heterocycles. The summed E-state index contributed by atoms with van der Waals surface area (Å²) in [6, 6.07) is 13.4. The van der Waals surface area contributed by atoms with Crippen LogP contribution in [0.4, 0.5) is 5.13 Å². The van der Waals surface area contributed by atoms with Gasteiger partial charge in [0.15, 0.2) is 4.34 Å². The number of amides is 1. The molecule has 0 spiro atoms. The summed E-state index contributed by atoms with van der Waals surface area (Å²) in [5.41, 5.74) is 0.549. The number of anilines is 1. The van der Waals surface area contributed by atoms with E-state index >= 15 is 0 Å². The second-order valence-electron chi connectivity index (χ2n) is 5.40. The summed E-state index contributed by atoms with van der Waals surface area (Å²) in [4.78, 5) is 24.1. The highest BCUT2D eigenvalue weighted by Crippen LogP contribution is 2.29. The molecular formula is C18H17N3O3S2. The van der Waals surface area contributed by atoms with Crippen molar-refractivity contribution in [2.24, 2.45) is 0 Å². The first-order chi connectivity index (χ1) is 12.6. The summed E-state index contributed by atoms with van der Waals surface area (Å²) in [5.74, 6) is -0.545. The summed E-state index contributed by atoms with van der Waals surface area (Å²) in [6.45, 7) is 3.85. The molecule has 1 N–H and O–H groups in total. The molecule has 0 saturated heterocycles. The molecule has 6 nitrogen and oxygen atoms in total. The van der Waals surface area contributed by atoms with Crippen LogP contribution in [0.5, 0.6) is 0 Å². The normalized spacial score (nSPS) is 11.9. The molecule has 134 valence electrons. The van der Waals surface area contributed by atoms with E-state index in [0.717, 1.165) is 10.8 Å². The number of rotatable bonds is 6. The molecule has 0 unspecified atom stereocenters. The van der Waals surface area contributed by atoms with E-state index in [1.165, 1.54) is 23.1 Å². The van der Waals surface area contributed by atoms with Crippen LogP contribution in [0.15, 0.2) is 46.8 Å². The highest BCUT2D eigenvalue weighted by Gasteiger charge is 2.18. The van der Waals surface area contributed by atoms with Crippen molar-refractivity contribution in [2.45, 2.75) is 23.4 Å². The number of carbonyl (C=O) groups is 2. The second kappa shape index (κ2) is 8.29. The molecule has 26 heavy (non-hydrogen) atoms. The first-order valence-electron chi connectivity index (χ1n) is 8.03. The molecule has 0 aliphatic rings. The molecule has 0 fully saturated rings. The second-order valence-corrected chi connectivity index (χ2v) is 7.97. The Morgan fingerprint density at radius 1 is 1.19 bits per heavy atom. The highest BCUT2D eigenvalue weighted by molar-refractivity contribution is 8.02. The van der Waals surface area contributed by atoms with E-state index in [2.05, 4.69) is 15.5 Å². The van der Waals surface area contributed by atoms with Gasteiger partial charge in [-0.05, 0) is 36.8 Å². The number of aromatic nitrogens is 2. The summed E-state index contributed by atoms with van der Waals surface area (Å²) in [5, 5.41) is 12.8. The van der Waals surface area contributed by atoms with Gasteiger partial charge in [0, 0.05) is 5.56 Å². The fourth-order valence-corrected chi connectivity index (χ4v) is 4.16. The zero-order chi connectivity index (χ0) is 18.5. The molecule has 0 radical (unpaired) electrons. The van der Waals surface area contributed by atoms with Crippen molar-refractivity contribution < 1.29 is 14.3 Å². The van der Waals surface area contributed by atoms with Crippen LogP contribution in [-0.4, -0.2) is 33.9 Å².